The molecule has 0 aliphatic heterocycles. The summed E-state index contributed by atoms with van der Waals surface area (Å²) < 4.78 is 0. The maximum atomic E-state index is 12.9. The molecule has 25 heavy (non-hydrogen) atoms. The van der Waals surface area contributed by atoms with Crippen LogP contribution in [0.15, 0.2) is 73.1 Å². The molecule has 122 valence electrons. The first-order valence-electron chi connectivity index (χ1n) is 7.90. The second kappa shape index (κ2) is 6.13. The Hall–Kier alpha value is -3.60. The summed E-state index contributed by atoms with van der Waals surface area (Å²) in [5.41, 5.74) is 10.5. The van der Waals surface area contributed by atoms with Crippen LogP contribution in [0.3, 0.4) is 0 Å². The topological polar surface area (TPSA) is 83.8 Å². The summed E-state index contributed by atoms with van der Waals surface area (Å²) in [5, 5.41) is 3.82. The number of amides is 1. The quantitative estimate of drug-likeness (QED) is 0.496. The summed E-state index contributed by atoms with van der Waals surface area (Å²) in [4.78, 5) is 20.1. The fourth-order valence-electron chi connectivity index (χ4n) is 2.91. The Bertz CT molecular complexity index is 1040. The van der Waals surface area contributed by atoms with Crippen LogP contribution in [0.4, 0.5) is 11.4 Å². The summed E-state index contributed by atoms with van der Waals surface area (Å²) in [6, 6.07) is 18.9. The van der Waals surface area contributed by atoms with Gasteiger partial charge < -0.3 is 16.0 Å². The molecule has 0 aliphatic rings. The Labute approximate surface area is 144 Å². The fourth-order valence-corrected chi connectivity index (χ4v) is 2.91. The highest BCUT2D eigenvalue weighted by molar-refractivity contribution is 6.14. The number of hydrogen-bond acceptors (Lipinski definition) is 3. The van der Waals surface area contributed by atoms with Crippen LogP contribution >= 0.6 is 0 Å². The Morgan fingerprint density at radius 3 is 2.52 bits per heavy atom. The van der Waals surface area contributed by atoms with Gasteiger partial charge in [-0.15, -0.1) is 0 Å². The van der Waals surface area contributed by atoms with Crippen LogP contribution in [-0.4, -0.2) is 15.9 Å². The third-order valence-corrected chi connectivity index (χ3v) is 4.05. The van der Waals surface area contributed by atoms with E-state index in [9.17, 15) is 4.79 Å². The highest BCUT2D eigenvalue weighted by atomic mass is 16.1. The van der Waals surface area contributed by atoms with Crippen molar-refractivity contribution in [1.82, 2.24) is 9.97 Å². The number of aromatic nitrogens is 2. The largest absolute Gasteiger partial charge is 0.399 e. The van der Waals surface area contributed by atoms with Crippen molar-refractivity contribution in [1.29, 1.82) is 0 Å². The average molecular weight is 328 g/mol. The van der Waals surface area contributed by atoms with Gasteiger partial charge in [0.25, 0.3) is 5.91 Å². The Kier molecular flexibility index (Phi) is 3.67. The van der Waals surface area contributed by atoms with Crippen molar-refractivity contribution in [2.24, 2.45) is 0 Å². The van der Waals surface area contributed by atoms with Gasteiger partial charge in [-0.1, -0.05) is 30.3 Å². The average Bonchev–Trinajstić information content (AvgIpc) is 3.02. The molecule has 4 aromatic rings. The zero-order chi connectivity index (χ0) is 17.2. The molecule has 1 amide bonds. The number of anilines is 2. The third-order valence-electron chi connectivity index (χ3n) is 4.05. The van der Waals surface area contributed by atoms with E-state index in [-0.39, 0.29) is 5.91 Å². The third kappa shape index (κ3) is 2.83. The van der Waals surface area contributed by atoms with Crippen molar-refractivity contribution in [2.45, 2.75) is 0 Å². The summed E-state index contributed by atoms with van der Waals surface area (Å²) in [6.07, 6.45) is 3.28. The molecule has 2 heterocycles. The zero-order valence-corrected chi connectivity index (χ0v) is 13.4. The van der Waals surface area contributed by atoms with Crippen molar-refractivity contribution in [3.05, 3.63) is 78.8 Å². The van der Waals surface area contributed by atoms with Gasteiger partial charge >= 0.3 is 0 Å². The number of nitrogens with one attached hydrogen (secondary N) is 2. The molecule has 5 heteroatoms. The van der Waals surface area contributed by atoms with Gasteiger partial charge in [0.05, 0.1) is 0 Å². The van der Waals surface area contributed by atoms with E-state index < -0.39 is 0 Å². The SMILES string of the molecule is Nc1ccc2[nH]c(C(=O)Nc3ccncc3)c(-c3ccccc3)c2c1. The second-order valence-corrected chi connectivity index (χ2v) is 5.74. The number of pyridine rings is 1. The minimum atomic E-state index is -0.208. The lowest BCUT2D eigenvalue weighted by Crippen LogP contribution is -2.13. The molecule has 0 fully saturated rings. The van der Waals surface area contributed by atoms with Gasteiger partial charge in [-0.05, 0) is 35.9 Å². The molecule has 2 aromatic heterocycles. The summed E-state index contributed by atoms with van der Waals surface area (Å²) >= 11 is 0. The number of fused-ring (bicyclic) bond motifs is 1. The van der Waals surface area contributed by atoms with E-state index in [0.717, 1.165) is 22.0 Å². The van der Waals surface area contributed by atoms with Gasteiger partial charge in [0.1, 0.15) is 5.69 Å². The maximum Gasteiger partial charge on any atom is 0.272 e. The van der Waals surface area contributed by atoms with Gasteiger partial charge in [-0.3, -0.25) is 9.78 Å². The first kappa shape index (κ1) is 15.0. The predicted octanol–water partition coefficient (Wildman–Crippen LogP) is 4.06. The number of H-pyrrole nitrogens is 1. The van der Waals surface area contributed by atoms with Crippen molar-refractivity contribution < 1.29 is 4.79 Å². The van der Waals surface area contributed by atoms with Gasteiger partial charge in [-0.25, -0.2) is 0 Å². The van der Waals surface area contributed by atoms with Gasteiger partial charge in [0, 0.05) is 40.2 Å². The van der Waals surface area contributed by atoms with Crippen molar-refractivity contribution >= 4 is 28.2 Å². The summed E-state index contributed by atoms with van der Waals surface area (Å²) in [6.45, 7) is 0. The van der Waals surface area contributed by atoms with E-state index in [1.54, 1.807) is 24.5 Å². The van der Waals surface area contributed by atoms with E-state index in [4.69, 9.17) is 5.73 Å². The summed E-state index contributed by atoms with van der Waals surface area (Å²) in [5.74, 6) is -0.208. The van der Waals surface area contributed by atoms with Crippen LogP contribution in [0.2, 0.25) is 0 Å². The van der Waals surface area contributed by atoms with E-state index in [1.807, 2.05) is 48.5 Å². The minimum Gasteiger partial charge on any atom is -0.399 e. The number of benzene rings is 2. The lowest BCUT2D eigenvalue weighted by Gasteiger charge is -2.07. The van der Waals surface area contributed by atoms with Crippen LogP contribution in [0.5, 0.6) is 0 Å². The molecular formula is C20H16N4O. The highest BCUT2D eigenvalue weighted by Crippen LogP contribution is 2.34. The fraction of sp³-hybridized carbons (Fsp3) is 0. The number of carbonyl (C=O) groups excluding carboxylic acids is 1. The number of aromatic amines is 1. The lowest BCUT2D eigenvalue weighted by molar-refractivity contribution is 0.102. The standard InChI is InChI=1S/C20H16N4O/c21-14-6-7-17-16(12-14)18(13-4-2-1-3-5-13)19(24-17)20(25)23-15-8-10-22-11-9-15/h1-12,24H,21H2,(H,22,23,25). The van der Waals surface area contributed by atoms with E-state index in [2.05, 4.69) is 15.3 Å². The molecule has 0 aliphatic carbocycles. The van der Waals surface area contributed by atoms with Crippen molar-refractivity contribution in [3.63, 3.8) is 0 Å². The molecule has 0 unspecified atom stereocenters. The Morgan fingerprint density at radius 2 is 1.76 bits per heavy atom. The Morgan fingerprint density at radius 1 is 1.00 bits per heavy atom. The van der Waals surface area contributed by atoms with Crippen molar-refractivity contribution in [2.75, 3.05) is 11.1 Å². The van der Waals surface area contributed by atoms with Crippen LogP contribution in [0, 0.1) is 0 Å². The molecule has 0 spiro atoms. The summed E-state index contributed by atoms with van der Waals surface area (Å²) in [7, 11) is 0. The first-order valence-corrected chi connectivity index (χ1v) is 7.90. The minimum absolute atomic E-state index is 0.208. The molecule has 4 rings (SSSR count). The van der Waals surface area contributed by atoms with E-state index in [1.165, 1.54) is 0 Å². The molecular weight excluding hydrogens is 312 g/mol. The van der Waals surface area contributed by atoms with E-state index >= 15 is 0 Å². The highest BCUT2D eigenvalue weighted by Gasteiger charge is 2.19. The molecule has 0 bridgehead atoms. The van der Waals surface area contributed by atoms with E-state index in [0.29, 0.717) is 17.1 Å². The smallest absolute Gasteiger partial charge is 0.272 e. The molecule has 2 aromatic carbocycles. The number of hydrogen-bond donors (Lipinski definition) is 3. The molecule has 0 atom stereocenters. The number of nitrogens with two attached hydrogens (primary N) is 1. The molecule has 0 saturated heterocycles. The molecule has 5 nitrogen and oxygen atoms in total. The zero-order valence-electron chi connectivity index (χ0n) is 13.4. The van der Waals surface area contributed by atoms with Gasteiger partial charge in [0.2, 0.25) is 0 Å². The normalized spacial score (nSPS) is 10.7. The van der Waals surface area contributed by atoms with Crippen molar-refractivity contribution in [3.8, 4) is 11.1 Å². The number of nitrogens with zero attached hydrogens (tertiary/aromatic N) is 1. The maximum absolute atomic E-state index is 12.9. The second-order valence-electron chi connectivity index (χ2n) is 5.74. The monoisotopic (exact) mass is 328 g/mol. The van der Waals surface area contributed by atoms with Crippen LogP contribution in [0.1, 0.15) is 10.5 Å². The number of nitrogen functional groups attached to an aromatic ring is 1. The van der Waals surface area contributed by atoms with Gasteiger partial charge in [0.15, 0.2) is 0 Å². The lowest BCUT2D eigenvalue weighted by atomic mass is 10.0. The molecule has 4 N–H and O–H groups in total. The predicted molar refractivity (Wildman–Crippen MR) is 100 cm³/mol. The molecule has 0 saturated carbocycles. The first-order chi connectivity index (χ1) is 12.2. The number of rotatable bonds is 3. The number of carbonyl (C=O) groups is 1. The van der Waals surface area contributed by atoms with Gasteiger partial charge in [-0.2, -0.15) is 0 Å². The Balaban J connectivity index is 1.87. The molecule has 0 radical (unpaired) electrons. The van der Waals surface area contributed by atoms with Crippen LogP contribution < -0.4 is 11.1 Å². The van der Waals surface area contributed by atoms with Crippen LogP contribution in [0.25, 0.3) is 22.0 Å². The van der Waals surface area contributed by atoms with Crippen LogP contribution in [-0.2, 0) is 0 Å².